The molecule has 1 aromatic heterocycles. The van der Waals surface area contributed by atoms with Gasteiger partial charge in [0.15, 0.2) is 0 Å². The van der Waals surface area contributed by atoms with Crippen molar-refractivity contribution in [2.75, 3.05) is 20.3 Å². The lowest BCUT2D eigenvalue weighted by atomic mass is 10.2. The van der Waals surface area contributed by atoms with Crippen molar-refractivity contribution in [2.45, 2.75) is 25.9 Å². The molecule has 5 heteroatoms. The van der Waals surface area contributed by atoms with Gasteiger partial charge in [-0.25, -0.2) is 0 Å². The molecular weight excluding hydrogens is 324 g/mol. The number of nitrogens with zero attached hydrogens (tertiary/aromatic N) is 2. The molecule has 1 aliphatic carbocycles. The third-order valence-corrected chi connectivity index (χ3v) is 4.75. The van der Waals surface area contributed by atoms with Gasteiger partial charge in [-0.05, 0) is 36.6 Å². The van der Waals surface area contributed by atoms with Gasteiger partial charge in [-0.15, -0.1) is 0 Å². The highest BCUT2D eigenvalue weighted by Crippen LogP contribution is 2.31. The van der Waals surface area contributed by atoms with E-state index in [9.17, 15) is 4.79 Å². The topological polar surface area (TPSA) is 34.5 Å². The van der Waals surface area contributed by atoms with Crippen molar-refractivity contribution in [3.05, 3.63) is 58.9 Å². The van der Waals surface area contributed by atoms with E-state index in [0.717, 1.165) is 29.1 Å². The highest BCUT2D eigenvalue weighted by atomic mass is 35.5. The molecule has 1 saturated carbocycles. The Bertz CT molecular complexity index is 694. The molecule has 4 nitrogen and oxygen atoms in total. The summed E-state index contributed by atoms with van der Waals surface area (Å²) in [6.07, 6.45) is 4.07. The molecule has 1 amide bonds. The third kappa shape index (κ3) is 4.19. The van der Waals surface area contributed by atoms with Gasteiger partial charge in [0.2, 0.25) is 5.91 Å². The first-order valence-corrected chi connectivity index (χ1v) is 8.72. The van der Waals surface area contributed by atoms with E-state index >= 15 is 0 Å². The number of benzene rings is 1. The minimum absolute atomic E-state index is 0.217. The zero-order valence-electron chi connectivity index (χ0n) is 14.0. The van der Waals surface area contributed by atoms with Crippen molar-refractivity contribution in [1.29, 1.82) is 0 Å². The van der Waals surface area contributed by atoms with Crippen molar-refractivity contribution in [2.24, 2.45) is 5.92 Å². The van der Waals surface area contributed by atoms with Gasteiger partial charge in [-0.1, -0.05) is 29.8 Å². The van der Waals surface area contributed by atoms with Gasteiger partial charge in [0.25, 0.3) is 0 Å². The number of hydrogen-bond donors (Lipinski definition) is 0. The van der Waals surface area contributed by atoms with Crippen molar-refractivity contribution >= 4 is 17.5 Å². The number of ether oxygens (including phenoxy) is 1. The van der Waals surface area contributed by atoms with Crippen LogP contribution < -0.4 is 0 Å². The van der Waals surface area contributed by atoms with Crippen LogP contribution in [0.2, 0.25) is 5.02 Å². The van der Waals surface area contributed by atoms with E-state index in [4.69, 9.17) is 16.3 Å². The van der Waals surface area contributed by atoms with Crippen LogP contribution in [0.5, 0.6) is 0 Å². The molecule has 0 atom stereocenters. The van der Waals surface area contributed by atoms with E-state index in [0.29, 0.717) is 26.2 Å². The summed E-state index contributed by atoms with van der Waals surface area (Å²) in [5.41, 5.74) is 2.19. The summed E-state index contributed by atoms with van der Waals surface area (Å²) >= 11 is 6.27. The van der Waals surface area contributed by atoms with E-state index in [1.165, 1.54) is 0 Å². The Morgan fingerprint density at radius 3 is 2.79 bits per heavy atom. The van der Waals surface area contributed by atoms with Gasteiger partial charge in [-0.3, -0.25) is 4.79 Å². The predicted octanol–water partition coefficient (Wildman–Crippen LogP) is 3.57. The van der Waals surface area contributed by atoms with Crippen LogP contribution in [0.4, 0.5) is 0 Å². The Kier molecular flexibility index (Phi) is 5.59. The van der Waals surface area contributed by atoms with Gasteiger partial charge in [-0.2, -0.15) is 0 Å². The van der Waals surface area contributed by atoms with Crippen LogP contribution in [0.15, 0.2) is 42.6 Å². The van der Waals surface area contributed by atoms with E-state index in [1.807, 2.05) is 41.4 Å². The summed E-state index contributed by atoms with van der Waals surface area (Å²) in [7, 11) is 1.67. The summed E-state index contributed by atoms with van der Waals surface area (Å²) in [6, 6.07) is 11.9. The average Bonchev–Trinajstić information content (AvgIpc) is 3.35. The molecule has 0 spiro atoms. The molecule has 0 unspecified atom stereocenters. The highest BCUT2D eigenvalue weighted by molar-refractivity contribution is 6.31. The van der Waals surface area contributed by atoms with Gasteiger partial charge in [0.05, 0.1) is 13.2 Å². The monoisotopic (exact) mass is 346 g/mol. The lowest BCUT2D eigenvalue weighted by Crippen LogP contribution is -2.35. The second-order valence-electron chi connectivity index (χ2n) is 6.25. The molecule has 0 saturated heterocycles. The Balaban J connectivity index is 1.73. The summed E-state index contributed by atoms with van der Waals surface area (Å²) in [5, 5.41) is 0.766. The molecule has 128 valence electrons. The maximum atomic E-state index is 12.5. The molecular formula is C19H23ClN2O2. The lowest BCUT2D eigenvalue weighted by molar-refractivity contribution is -0.133. The number of carbonyl (C=O) groups is 1. The van der Waals surface area contributed by atoms with E-state index in [1.54, 1.807) is 7.11 Å². The number of methoxy groups -OCH3 is 1. The lowest BCUT2D eigenvalue weighted by Gasteiger charge is -2.23. The van der Waals surface area contributed by atoms with Gasteiger partial charge in [0, 0.05) is 43.0 Å². The summed E-state index contributed by atoms with van der Waals surface area (Å²) in [4.78, 5) is 14.4. The molecule has 1 aromatic carbocycles. The number of rotatable bonds is 8. The van der Waals surface area contributed by atoms with Crippen LogP contribution in [0.3, 0.4) is 0 Å². The number of halogens is 1. The summed E-state index contributed by atoms with van der Waals surface area (Å²) < 4.78 is 7.32. The first-order chi connectivity index (χ1) is 11.7. The predicted molar refractivity (Wildman–Crippen MR) is 95.0 cm³/mol. The molecule has 1 heterocycles. The van der Waals surface area contributed by atoms with Gasteiger partial charge >= 0.3 is 0 Å². The molecule has 0 radical (unpaired) electrons. The van der Waals surface area contributed by atoms with Crippen LogP contribution in [0.1, 0.15) is 24.1 Å². The van der Waals surface area contributed by atoms with Crippen molar-refractivity contribution in [3.63, 3.8) is 0 Å². The summed E-state index contributed by atoms with van der Waals surface area (Å²) in [6.45, 7) is 2.50. The minimum Gasteiger partial charge on any atom is -0.383 e. The molecule has 1 fully saturated rings. The Hall–Kier alpha value is -1.78. The van der Waals surface area contributed by atoms with Crippen molar-refractivity contribution in [3.8, 4) is 0 Å². The van der Waals surface area contributed by atoms with Crippen LogP contribution in [-0.4, -0.2) is 35.6 Å². The molecule has 24 heavy (non-hydrogen) atoms. The van der Waals surface area contributed by atoms with Crippen LogP contribution in [0, 0.1) is 5.92 Å². The fraction of sp³-hybridized carbons (Fsp3) is 0.421. The number of amides is 1. The minimum atomic E-state index is 0.217. The summed E-state index contributed by atoms with van der Waals surface area (Å²) in [5.74, 6) is 0.464. The van der Waals surface area contributed by atoms with Crippen molar-refractivity contribution < 1.29 is 9.53 Å². The maximum absolute atomic E-state index is 12.5. The van der Waals surface area contributed by atoms with E-state index < -0.39 is 0 Å². The van der Waals surface area contributed by atoms with Gasteiger partial charge < -0.3 is 14.2 Å². The van der Waals surface area contributed by atoms with Crippen LogP contribution in [-0.2, 0) is 22.6 Å². The van der Waals surface area contributed by atoms with Gasteiger partial charge in [0.1, 0.15) is 0 Å². The molecule has 2 aromatic rings. The Labute approximate surface area is 148 Å². The van der Waals surface area contributed by atoms with Crippen LogP contribution >= 0.6 is 11.6 Å². The van der Waals surface area contributed by atoms with E-state index in [2.05, 4.69) is 10.6 Å². The second kappa shape index (κ2) is 7.86. The SMILES string of the molecule is COCCN(Cc1cccn1Cc1ccccc1Cl)C(=O)C1CC1. The number of hydrogen-bond acceptors (Lipinski definition) is 2. The molecule has 1 aliphatic rings. The Morgan fingerprint density at radius 2 is 2.08 bits per heavy atom. The normalized spacial score (nSPS) is 13.9. The molecule has 0 bridgehead atoms. The standard InChI is InChI=1S/C19H23ClN2O2/c1-24-12-11-22(19(23)15-8-9-15)14-17-6-4-10-21(17)13-16-5-2-3-7-18(16)20/h2-7,10,15H,8-9,11-14H2,1H3. The molecule has 0 N–H and O–H groups in total. The second-order valence-corrected chi connectivity index (χ2v) is 6.65. The zero-order chi connectivity index (χ0) is 16.9. The third-order valence-electron chi connectivity index (χ3n) is 4.38. The average molecular weight is 347 g/mol. The quantitative estimate of drug-likeness (QED) is 0.732. The highest BCUT2D eigenvalue weighted by Gasteiger charge is 2.33. The number of carbonyl (C=O) groups excluding carboxylic acids is 1. The zero-order valence-corrected chi connectivity index (χ0v) is 14.7. The maximum Gasteiger partial charge on any atom is 0.226 e. The van der Waals surface area contributed by atoms with Crippen molar-refractivity contribution in [1.82, 2.24) is 9.47 Å². The number of aromatic nitrogens is 1. The van der Waals surface area contributed by atoms with Crippen LogP contribution in [0.25, 0.3) is 0 Å². The first-order valence-electron chi connectivity index (χ1n) is 8.34. The molecule has 3 rings (SSSR count). The fourth-order valence-electron chi connectivity index (χ4n) is 2.81. The molecule has 0 aliphatic heterocycles. The fourth-order valence-corrected chi connectivity index (χ4v) is 3.01. The smallest absolute Gasteiger partial charge is 0.226 e. The first kappa shape index (κ1) is 17.1. The largest absolute Gasteiger partial charge is 0.383 e. The Morgan fingerprint density at radius 1 is 1.29 bits per heavy atom. The van der Waals surface area contributed by atoms with E-state index in [-0.39, 0.29) is 11.8 Å².